The summed E-state index contributed by atoms with van der Waals surface area (Å²) in [5, 5.41) is 0.733. The zero-order chi connectivity index (χ0) is 19.0. The van der Waals surface area contributed by atoms with E-state index in [4.69, 9.17) is 9.72 Å². The van der Waals surface area contributed by atoms with E-state index >= 15 is 0 Å². The molecule has 0 aliphatic heterocycles. The molecule has 3 aromatic rings. The second kappa shape index (κ2) is 7.33. The number of aromatic nitrogens is 2. The summed E-state index contributed by atoms with van der Waals surface area (Å²) in [6.45, 7) is 11.4. The van der Waals surface area contributed by atoms with Crippen LogP contribution in [0, 0.1) is 20.8 Å². The minimum absolute atomic E-state index is 0.0355. The van der Waals surface area contributed by atoms with Gasteiger partial charge in [0.25, 0.3) is 5.56 Å². The largest absolute Gasteiger partial charge is 0.383 e. The quantitative estimate of drug-likeness (QED) is 0.647. The van der Waals surface area contributed by atoms with E-state index in [-0.39, 0.29) is 11.5 Å². The van der Waals surface area contributed by atoms with E-state index in [1.165, 1.54) is 11.1 Å². The molecule has 2 heterocycles. The van der Waals surface area contributed by atoms with E-state index in [2.05, 4.69) is 52.8 Å². The Morgan fingerprint density at radius 2 is 1.92 bits per heavy atom. The molecule has 2 aromatic heterocycles. The van der Waals surface area contributed by atoms with Crippen LogP contribution < -0.4 is 5.56 Å². The number of rotatable bonds is 5. The molecule has 5 heteroatoms. The first-order valence-corrected chi connectivity index (χ1v) is 9.77. The lowest BCUT2D eigenvalue weighted by Gasteiger charge is -2.15. The summed E-state index contributed by atoms with van der Waals surface area (Å²) in [5.41, 5.74) is 4.63. The van der Waals surface area contributed by atoms with Gasteiger partial charge in [-0.05, 0) is 37.5 Å². The lowest BCUT2D eigenvalue weighted by atomic mass is 9.99. The molecule has 138 valence electrons. The van der Waals surface area contributed by atoms with Gasteiger partial charge in [-0.1, -0.05) is 32.0 Å². The predicted octanol–water partition coefficient (Wildman–Crippen LogP) is 4.82. The summed E-state index contributed by atoms with van der Waals surface area (Å²) in [6, 6.07) is 6.39. The van der Waals surface area contributed by atoms with Crippen molar-refractivity contribution >= 4 is 21.6 Å². The molecule has 0 unspecified atom stereocenters. The fourth-order valence-electron chi connectivity index (χ4n) is 3.29. The highest BCUT2D eigenvalue weighted by molar-refractivity contribution is 7.19. The molecule has 3 rings (SSSR count). The molecule has 0 fully saturated rings. The van der Waals surface area contributed by atoms with Crippen LogP contribution in [-0.4, -0.2) is 23.3 Å². The van der Waals surface area contributed by atoms with E-state index in [1.807, 2.05) is 0 Å². The van der Waals surface area contributed by atoms with E-state index in [9.17, 15) is 4.79 Å². The number of thiophene rings is 1. The lowest BCUT2D eigenvalue weighted by Crippen LogP contribution is -2.27. The van der Waals surface area contributed by atoms with Crippen LogP contribution >= 0.6 is 11.3 Å². The summed E-state index contributed by atoms with van der Waals surface area (Å²) < 4.78 is 7.00. The SMILES string of the molecule is COCCn1c(C(C)C)nc2sc(C)c(-c3ccc(C)c(C)c3)c2c1=O. The average Bonchev–Trinajstić information content (AvgIpc) is 2.92. The third-order valence-corrected chi connectivity index (χ3v) is 5.85. The zero-order valence-electron chi connectivity index (χ0n) is 16.3. The second-order valence-corrected chi connectivity index (χ2v) is 8.29. The molecule has 0 atom stereocenters. The molecule has 0 saturated carbocycles. The molecule has 0 aliphatic carbocycles. The van der Waals surface area contributed by atoms with Crippen molar-refractivity contribution in [1.82, 2.24) is 9.55 Å². The highest BCUT2D eigenvalue weighted by Crippen LogP contribution is 2.36. The Labute approximate surface area is 158 Å². The van der Waals surface area contributed by atoms with Crippen LogP contribution in [0.1, 0.15) is 41.6 Å². The molecule has 0 amide bonds. The third kappa shape index (κ3) is 3.21. The van der Waals surface area contributed by atoms with E-state index in [0.717, 1.165) is 32.0 Å². The number of benzene rings is 1. The Morgan fingerprint density at radius 1 is 1.19 bits per heavy atom. The topological polar surface area (TPSA) is 44.1 Å². The average molecular weight is 371 g/mol. The van der Waals surface area contributed by atoms with Crippen LogP contribution in [0.4, 0.5) is 0 Å². The minimum Gasteiger partial charge on any atom is -0.383 e. The van der Waals surface area contributed by atoms with Gasteiger partial charge in [0.2, 0.25) is 0 Å². The standard InChI is InChI=1S/C21H26N2O2S/c1-12(2)19-22-20-18(21(24)23(19)9-10-25-6)17(15(5)26-20)16-8-7-13(3)14(4)11-16/h7-8,11-12H,9-10H2,1-6H3. The molecule has 0 N–H and O–H groups in total. The fourth-order valence-corrected chi connectivity index (χ4v) is 4.34. The molecule has 4 nitrogen and oxygen atoms in total. The summed E-state index contributed by atoms with van der Waals surface area (Å²) >= 11 is 1.61. The van der Waals surface area contributed by atoms with Crippen molar-refractivity contribution in [2.24, 2.45) is 0 Å². The maximum atomic E-state index is 13.4. The van der Waals surface area contributed by atoms with Crippen LogP contribution in [0.15, 0.2) is 23.0 Å². The van der Waals surface area contributed by atoms with Crippen molar-refractivity contribution in [1.29, 1.82) is 0 Å². The zero-order valence-corrected chi connectivity index (χ0v) is 17.2. The maximum Gasteiger partial charge on any atom is 0.263 e. The van der Waals surface area contributed by atoms with Gasteiger partial charge in [0.1, 0.15) is 10.7 Å². The first-order valence-electron chi connectivity index (χ1n) is 8.95. The second-order valence-electron chi connectivity index (χ2n) is 7.09. The summed E-state index contributed by atoms with van der Waals surface area (Å²) in [7, 11) is 1.65. The van der Waals surface area contributed by atoms with Crippen molar-refractivity contribution in [2.45, 2.75) is 47.1 Å². The number of ether oxygens (including phenoxy) is 1. The van der Waals surface area contributed by atoms with E-state index in [1.54, 1.807) is 23.0 Å². The number of hydrogen-bond donors (Lipinski definition) is 0. The van der Waals surface area contributed by atoms with Crippen LogP contribution in [0.3, 0.4) is 0 Å². The molecular formula is C21H26N2O2S. The van der Waals surface area contributed by atoms with Gasteiger partial charge in [0, 0.05) is 23.5 Å². The number of methoxy groups -OCH3 is 1. The fraction of sp³-hybridized carbons (Fsp3) is 0.429. The van der Waals surface area contributed by atoms with Gasteiger partial charge in [-0.25, -0.2) is 4.98 Å². The van der Waals surface area contributed by atoms with Gasteiger partial charge in [0.15, 0.2) is 0 Å². The first-order chi connectivity index (χ1) is 12.3. The number of aryl methyl sites for hydroxylation is 3. The van der Waals surface area contributed by atoms with Crippen molar-refractivity contribution in [2.75, 3.05) is 13.7 Å². The Bertz CT molecular complexity index is 1020. The Hall–Kier alpha value is -1.98. The Balaban J connectivity index is 2.33. The highest BCUT2D eigenvalue weighted by atomic mass is 32.1. The first kappa shape index (κ1) is 18.8. The minimum atomic E-state index is 0.0355. The summed E-state index contributed by atoms with van der Waals surface area (Å²) in [4.78, 5) is 20.2. The van der Waals surface area contributed by atoms with Crippen molar-refractivity contribution in [3.05, 3.63) is 50.4 Å². The normalized spacial score (nSPS) is 11.7. The van der Waals surface area contributed by atoms with E-state index < -0.39 is 0 Å². The maximum absolute atomic E-state index is 13.4. The van der Waals surface area contributed by atoms with Gasteiger partial charge in [0.05, 0.1) is 18.5 Å². The van der Waals surface area contributed by atoms with Crippen molar-refractivity contribution in [3.63, 3.8) is 0 Å². The number of nitrogens with zero attached hydrogens (tertiary/aromatic N) is 2. The molecule has 0 aliphatic rings. The lowest BCUT2D eigenvalue weighted by molar-refractivity contribution is 0.184. The smallest absolute Gasteiger partial charge is 0.263 e. The van der Waals surface area contributed by atoms with Crippen molar-refractivity contribution < 1.29 is 4.74 Å². The molecule has 0 radical (unpaired) electrons. The predicted molar refractivity (Wildman–Crippen MR) is 109 cm³/mol. The Kier molecular flexibility index (Phi) is 5.30. The monoisotopic (exact) mass is 370 g/mol. The van der Waals surface area contributed by atoms with Gasteiger partial charge < -0.3 is 4.74 Å². The highest BCUT2D eigenvalue weighted by Gasteiger charge is 2.21. The number of fused-ring (bicyclic) bond motifs is 1. The van der Waals surface area contributed by atoms with E-state index in [0.29, 0.717) is 13.2 Å². The van der Waals surface area contributed by atoms with Crippen LogP contribution in [0.25, 0.3) is 21.3 Å². The molecule has 1 aromatic carbocycles. The number of hydrogen-bond acceptors (Lipinski definition) is 4. The van der Waals surface area contributed by atoms with Crippen molar-refractivity contribution in [3.8, 4) is 11.1 Å². The molecule has 0 spiro atoms. The molecular weight excluding hydrogens is 344 g/mol. The molecule has 0 saturated heterocycles. The molecule has 26 heavy (non-hydrogen) atoms. The third-order valence-electron chi connectivity index (χ3n) is 4.85. The van der Waals surface area contributed by atoms with Gasteiger partial charge >= 0.3 is 0 Å². The van der Waals surface area contributed by atoms with Crippen LogP contribution in [0.5, 0.6) is 0 Å². The van der Waals surface area contributed by atoms with Crippen LogP contribution in [-0.2, 0) is 11.3 Å². The summed E-state index contributed by atoms with van der Waals surface area (Å²) in [6.07, 6.45) is 0. The Morgan fingerprint density at radius 3 is 2.54 bits per heavy atom. The van der Waals surface area contributed by atoms with Gasteiger partial charge in [-0.3, -0.25) is 9.36 Å². The molecule has 0 bridgehead atoms. The van der Waals surface area contributed by atoms with Gasteiger partial charge in [-0.2, -0.15) is 0 Å². The summed E-state index contributed by atoms with van der Waals surface area (Å²) in [5.74, 6) is 1.00. The van der Waals surface area contributed by atoms with Crippen LogP contribution in [0.2, 0.25) is 0 Å². The van der Waals surface area contributed by atoms with Gasteiger partial charge in [-0.15, -0.1) is 11.3 Å².